The van der Waals surface area contributed by atoms with Gasteiger partial charge in [0.25, 0.3) is 0 Å². The van der Waals surface area contributed by atoms with Crippen LogP contribution in [-0.4, -0.2) is 39.8 Å². The fraction of sp³-hybridized carbons (Fsp3) is 0.556. The second-order valence-electron chi connectivity index (χ2n) is 7.06. The highest BCUT2D eigenvalue weighted by molar-refractivity contribution is 5.85. The Bertz CT molecular complexity index is 564. The van der Waals surface area contributed by atoms with Gasteiger partial charge in [0.1, 0.15) is 11.1 Å². The van der Waals surface area contributed by atoms with Crippen molar-refractivity contribution in [2.75, 3.05) is 6.54 Å². The molecule has 1 aromatic carbocycles. The van der Waals surface area contributed by atoms with Gasteiger partial charge >= 0.3 is 12.1 Å². The Morgan fingerprint density at radius 2 is 1.91 bits per heavy atom. The van der Waals surface area contributed by atoms with E-state index in [0.717, 1.165) is 5.56 Å². The summed E-state index contributed by atoms with van der Waals surface area (Å²) in [5, 5.41) is 9.81. The molecule has 1 amide bonds. The zero-order chi connectivity index (χ0) is 17.1. The zero-order valence-corrected chi connectivity index (χ0v) is 14.0. The summed E-state index contributed by atoms with van der Waals surface area (Å²) in [5.74, 6) is -0.947. The van der Waals surface area contributed by atoms with E-state index in [2.05, 4.69) is 0 Å². The molecule has 2 rings (SSSR count). The molecular formula is C18H25NO4. The third-order valence-electron chi connectivity index (χ3n) is 4.17. The number of benzene rings is 1. The Kier molecular flexibility index (Phi) is 4.97. The number of ether oxygens (including phenoxy) is 1. The summed E-state index contributed by atoms with van der Waals surface area (Å²) in [6.07, 6.45) is 1.62. The van der Waals surface area contributed by atoms with Crippen LogP contribution in [0.3, 0.4) is 0 Å². The summed E-state index contributed by atoms with van der Waals surface area (Å²) >= 11 is 0. The maximum absolute atomic E-state index is 12.4. The molecule has 1 aliphatic heterocycles. The van der Waals surface area contributed by atoms with E-state index in [1.165, 1.54) is 4.90 Å². The monoisotopic (exact) mass is 319 g/mol. The number of carboxylic acid groups (broad SMARTS) is 1. The Morgan fingerprint density at radius 1 is 1.26 bits per heavy atom. The van der Waals surface area contributed by atoms with Crippen LogP contribution in [0.2, 0.25) is 0 Å². The largest absolute Gasteiger partial charge is 0.479 e. The lowest BCUT2D eigenvalue weighted by atomic mass is 9.88. The minimum atomic E-state index is -1.17. The van der Waals surface area contributed by atoms with E-state index < -0.39 is 23.2 Å². The van der Waals surface area contributed by atoms with Crippen molar-refractivity contribution in [3.05, 3.63) is 35.9 Å². The predicted molar refractivity (Wildman–Crippen MR) is 87.3 cm³/mol. The van der Waals surface area contributed by atoms with Crippen LogP contribution in [0.4, 0.5) is 4.79 Å². The Balaban J connectivity index is 2.17. The van der Waals surface area contributed by atoms with E-state index in [9.17, 15) is 14.7 Å². The molecule has 0 unspecified atom stereocenters. The van der Waals surface area contributed by atoms with Crippen molar-refractivity contribution in [1.29, 1.82) is 0 Å². The fourth-order valence-electron chi connectivity index (χ4n) is 3.05. The second kappa shape index (κ2) is 6.60. The van der Waals surface area contributed by atoms with Crippen molar-refractivity contribution in [3.8, 4) is 0 Å². The van der Waals surface area contributed by atoms with Crippen molar-refractivity contribution in [3.63, 3.8) is 0 Å². The van der Waals surface area contributed by atoms with Crippen LogP contribution in [0.25, 0.3) is 0 Å². The van der Waals surface area contributed by atoms with Gasteiger partial charge in [-0.25, -0.2) is 9.59 Å². The normalized spacial score (nSPS) is 21.3. The van der Waals surface area contributed by atoms with Crippen LogP contribution in [0.5, 0.6) is 0 Å². The smallest absolute Gasteiger partial charge is 0.411 e. The molecule has 0 saturated carbocycles. The number of carbonyl (C=O) groups excluding carboxylic acids is 1. The van der Waals surface area contributed by atoms with Gasteiger partial charge in [-0.3, -0.25) is 4.90 Å². The Hall–Kier alpha value is -2.04. The second-order valence-corrected chi connectivity index (χ2v) is 7.06. The van der Waals surface area contributed by atoms with Gasteiger partial charge in [0.2, 0.25) is 0 Å². The van der Waals surface area contributed by atoms with Gasteiger partial charge < -0.3 is 9.84 Å². The molecule has 1 aliphatic rings. The van der Waals surface area contributed by atoms with E-state index >= 15 is 0 Å². The first-order valence-electron chi connectivity index (χ1n) is 8.02. The molecule has 1 heterocycles. The molecular weight excluding hydrogens is 294 g/mol. The molecule has 1 N–H and O–H groups in total. The highest BCUT2D eigenvalue weighted by Crippen LogP contribution is 2.35. The summed E-state index contributed by atoms with van der Waals surface area (Å²) in [6.45, 7) is 5.78. The molecule has 5 heteroatoms. The van der Waals surface area contributed by atoms with Crippen LogP contribution >= 0.6 is 0 Å². The van der Waals surface area contributed by atoms with Gasteiger partial charge in [-0.15, -0.1) is 0 Å². The average molecular weight is 319 g/mol. The molecule has 23 heavy (non-hydrogen) atoms. The van der Waals surface area contributed by atoms with Gasteiger partial charge in [-0.1, -0.05) is 30.3 Å². The van der Waals surface area contributed by atoms with Crippen molar-refractivity contribution < 1.29 is 19.4 Å². The zero-order valence-electron chi connectivity index (χ0n) is 14.0. The first kappa shape index (κ1) is 17.3. The lowest BCUT2D eigenvalue weighted by Crippen LogP contribution is -2.54. The number of amides is 1. The highest BCUT2D eigenvalue weighted by atomic mass is 16.6. The van der Waals surface area contributed by atoms with Gasteiger partial charge in [0, 0.05) is 6.54 Å². The van der Waals surface area contributed by atoms with Gasteiger partial charge in [0.15, 0.2) is 0 Å². The first-order valence-corrected chi connectivity index (χ1v) is 8.02. The van der Waals surface area contributed by atoms with E-state index in [4.69, 9.17) is 4.74 Å². The topological polar surface area (TPSA) is 66.8 Å². The van der Waals surface area contributed by atoms with Crippen LogP contribution in [-0.2, 0) is 16.0 Å². The summed E-state index contributed by atoms with van der Waals surface area (Å²) in [6, 6.07) is 9.75. The van der Waals surface area contributed by atoms with Crippen LogP contribution in [0.15, 0.2) is 30.3 Å². The number of carboxylic acids is 1. The molecule has 1 aromatic rings. The molecule has 0 aliphatic carbocycles. The standard InChI is InChI=1S/C18H25NO4/c1-17(2,3)23-16(22)19-13-7-11-18(19,15(20)21)12-10-14-8-5-4-6-9-14/h4-6,8-9H,7,10-13H2,1-3H3,(H,20,21)/t18-/m0/s1. The summed E-state index contributed by atoms with van der Waals surface area (Å²) < 4.78 is 5.40. The van der Waals surface area contributed by atoms with Gasteiger partial charge in [-0.2, -0.15) is 0 Å². The van der Waals surface area contributed by atoms with E-state index in [0.29, 0.717) is 32.2 Å². The maximum atomic E-state index is 12.4. The molecule has 5 nitrogen and oxygen atoms in total. The summed E-state index contributed by atoms with van der Waals surface area (Å²) in [5.41, 5.74) is -0.731. The fourth-order valence-corrected chi connectivity index (χ4v) is 3.05. The quantitative estimate of drug-likeness (QED) is 0.922. The Morgan fingerprint density at radius 3 is 2.48 bits per heavy atom. The molecule has 1 atom stereocenters. The molecule has 126 valence electrons. The number of carbonyl (C=O) groups is 2. The SMILES string of the molecule is CC(C)(C)OC(=O)N1CCC[C@]1(CCc1ccccc1)C(=O)O. The predicted octanol–water partition coefficient (Wildman–Crippen LogP) is 3.47. The minimum Gasteiger partial charge on any atom is -0.479 e. The number of rotatable bonds is 4. The number of aliphatic carboxylic acids is 1. The molecule has 1 saturated heterocycles. The lowest BCUT2D eigenvalue weighted by molar-refractivity contribution is -0.149. The number of aryl methyl sites for hydroxylation is 1. The molecule has 0 aromatic heterocycles. The van der Waals surface area contributed by atoms with Gasteiger partial charge in [-0.05, 0) is 52.0 Å². The first-order chi connectivity index (χ1) is 10.7. The number of likely N-dealkylation sites (tertiary alicyclic amines) is 1. The summed E-state index contributed by atoms with van der Waals surface area (Å²) in [4.78, 5) is 25.8. The average Bonchev–Trinajstić information content (AvgIpc) is 2.90. The van der Waals surface area contributed by atoms with Crippen LogP contribution in [0, 0.1) is 0 Å². The third kappa shape index (κ3) is 4.03. The van der Waals surface area contributed by atoms with E-state index in [1.807, 2.05) is 30.3 Å². The lowest BCUT2D eigenvalue weighted by Gasteiger charge is -2.36. The van der Waals surface area contributed by atoms with Crippen molar-refractivity contribution in [2.24, 2.45) is 0 Å². The van der Waals surface area contributed by atoms with Crippen LogP contribution < -0.4 is 0 Å². The molecule has 0 radical (unpaired) electrons. The number of hydrogen-bond donors (Lipinski definition) is 1. The minimum absolute atomic E-state index is 0.394. The summed E-state index contributed by atoms with van der Waals surface area (Å²) in [7, 11) is 0. The van der Waals surface area contributed by atoms with E-state index in [-0.39, 0.29) is 0 Å². The van der Waals surface area contributed by atoms with Crippen molar-refractivity contribution in [1.82, 2.24) is 4.90 Å². The van der Waals surface area contributed by atoms with Crippen LogP contribution in [0.1, 0.15) is 45.6 Å². The maximum Gasteiger partial charge on any atom is 0.411 e. The number of hydrogen-bond acceptors (Lipinski definition) is 3. The molecule has 0 spiro atoms. The highest BCUT2D eigenvalue weighted by Gasteiger charge is 2.50. The number of nitrogens with zero attached hydrogens (tertiary/aromatic N) is 1. The molecule has 1 fully saturated rings. The van der Waals surface area contributed by atoms with Crippen molar-refractivity contribution in [2.45, 2.75) is 57.6 Å². The van der Waals surface area contributed by atoms with E-state index in [1.54, 1.807) is 20.8 Å². The third-order valence-corrected chi connectivity index (χ3v) is 4.17. The molecule has 0 bridgehead atoms. The van der Waals surface area contributed by atoms with Crippen molar-refractivity contribution >= 4 is 12.1 Å². The van der Waals surface area contributed by atoms with Gasteiger partial charge in [0.05, 0.1) is 0 Å². The Labute approximate surface area is 137 Å².